The molecule has 1 N–H and O–H groups in total. The van der Waals surface area contributed by atoms with Gasteiger partial charge < -0.3 is 9.88 Å². The summed E-state index contributed by atoms with van der Waals surface area (Å²) in [6, 6.07) is 0. The minimum absolute atomic E-state index is 0. The van der Waals surface area contributed by atoms with Crippen LogP contribution in [0.25, 0.3) is 0 Å². The molecule has 2 rings (SSSR count). The van der Waals surface area contributed by atoms with Crippen LogP contribution in [0.1, 0.15) is 26.7 Å². The molecule has 0 spiro atoms. The van der Waals surface area contributed by atoms with E-state index in [4.69, 9.17) is 0 Å². The zero-order valence-corrected chi connectivity index (χ0v) is 15.2. The van der Waals surface area contributed by atoms with E-state index in [1.54, 1.807) is 16.8 Å². The maximum atomic E-state index is 12.6. The number of hydrogen-bond donors (Lipinski definition) is 1. The second-order valence-electron chi connectivity index (χ2n) is 6.21. The lowest BCUT2D eigenvalue weighted by atomic mass is 9.98. The lowest BCUT2D eigenvalue weighted by Crippen LogP contribution is -2.40. The van der Waals surface area contributed by atoms with Crippen molar-refractivity contribution in [1.29, 1.82) is 0 Å². The first-order valence-electron chi connectivity index (χ1n) is 7.60. The molecule has 128 valence electrons. The average Bonchev–Trinajstić information content (AvgIpc) is 2.88. The number of halogens is 1. The number of nitrogens with zero attached hydrogens (tertiary/aromatic N) is 3. The van der Waals surface area contributed by atoms with Crippen molar-refractivity contribution in [3.63, 3.8) is 0 Å². The number of piperidine rings is 1. The molecule has 0 bridgehead atoms. The molecule has 6 nitrogen and oxygen atoms in total. The maximum Gasteiger partial charge on any atom is 0.262 e. The van der Waals surface area contributed by atoms with E-state index in [-0.39, 0.29) is 17.4 Å². The topological polar surface area (TPSA) is 67.2 Å². The largest absolute Gasteiger partial charge is 0.336 e. The van der Waals surface area contributed by atoms with Crippen molar-refractivity contribution < 1.29 is 8.42 Å². The molecule has 0 aromatic carbocycles. The van der Waals surface area contributed by atoms with Gasteiger partial charge in [0, 0.05) is 25.8 Å². The van der Waals surface area contributed by atoms with E-state index >= 15 is 0 Å². The second-order valence-corrected chi connectivity index (χ2v) is 8.09. The molecular formula is C14H27ClN4O2S. The zero-order valence-electron chi connectivity index (χ0n) is 13.5. The van der Waals surface area contributed by atoms with Crippen LogP contribution in [0.2, 0.25) is 0 Å². The number of hydrogen-bond acceptors (Lipinski definition) is 4. The van der Waals surface area contributed by atoms with Crippen LogP contribution in [0.15, 0.2) is 17.6 Å². The smallest absolute Gasteiger partial charge is 0.262 e. The van der Waals surface area contributed by atoms with E-state index in [1.165, 1.54) is 0 Å². The van der Waals surface area contributed by atoms with Gasteiger partial charge >= 0.3 is 0 Å². The summed E-state index contributed by atoms with van der Waals surface area (Å²) in [4.78, 5) is 4.09. The van der Waals surface area contributed by atoms with E-state index in [0.717, 1.165) is 25.9 Å². The standard InChI is InChI=1S/C14H26N4O2S.ClH/c1-12(2)9-17-10-14(16-11-17)21(19,20)18-6-4-13(5-7-18)8-15-3;/h10-13,15H,4-9H2,1-3H3;1H. The van der Waals surface area contributed by atoms with Gasteiger partial charge in [0.25, 0.3) is 10.0 Å². The van der Waals surface area contributed by atoms with Crippen LogP contribution < -0.4 is 5.32 Å². The van der Waals surface area contributed by atoms with Gasteiger partial charge in [0.15, 0.2) is 5.03 Å². The molecule has 1 fully saturated rings. The van der Waals surface area contributed by atoms with Gasteiger partial charge in [-0.15, -0.1) is 12.4 Å². The van der Waals surface area contributed by atoms with Crippen molar-refractivity contribution in [2.75, 3.05) is 26.7 Å². The fraction of sp³-hybridized carbons (Fsp3) is 0.786. The second kappa shape index (κ2) is 8.29. The zero-order chi connectivity index (χ0) is 15.5. The predicted octanol–water partition coefficient (Wildman–Crippen LogP) is 1.58. The number of nitrogens with one attached hydrogen (secondary N) is 1. The Hall–Kier alpha value is -0.630. The minimum atomic E-state index is -3.43. The summed E-state index contributed by atoms with van der Waals surface area (Å²) in [7, 11) is -1.50. The number of rotatable bonds is 6. The number of imidazole rings is 1. The van der Waals surface area contributed by atoms with Gasteiger partial charge in [-0.05, 0) is 38.3 Å². The Balaban J connectivity index is 0.00000242. The summed E-state index contributed by atoms with van der Waals surface area (Å²) in [6.45, 7) is 7.11. The molecular weight excluding hydrogens is 324 g/mol. The van der Waals surface area contributed by atoms with Gasteiger partial charge in [0.1, 0.15) is 0 Å². The first-order chi connectivity index (χ1) is 9.93. The summed E-state index contributed by atoms with van der Waals surface area (Å²) >= 11 is 0. The molecule has 1 aliphatic heterocycles. The molecule has 1 aliphatic rings. The van der Waals surface area contributed by atoms with E-state index in [0.29, 0.717) is 24.9 Å². The fourth-order valence-corrected chi connectivity index (χ4v) is 4.17. The highest BCUT2D eigenvalue weighted by atomic mass is 35.5. The SMILES string of the molecule is CNCC1CCN(S(=O)(=O)c2cn(CC(C)C)cn2)CC1.Cl. The summed E-state index contributed by atoms with van der Waals surface area (Å²) in [6.07, 6.45) is 5.08. The summed E-state index contributed by atoms with van der Waals surface area (Å²) in [5.74, 6) is 1.03. The summed E-state index contributed by atoms with van der Waals surface area (Å²) in [5.41, 5.74) is 0. The molecule has 8 heteroatoms. The van der Waals surface area contributed by atoms with Gasteiger partial charge in [-0.25, -0.2) is 13.4 Å². The first kappa shape index (κ1) is 19.4. The highest BCUT2D eigenvalue weighted by molar-refractivity contribution is 7.89. The third kappa shape index (κ3) is 4.68. The third-order valence-corrected chi connectivity index (χ3v) is 5.64. The molecule has 0 unspecified atom stereocenters. The van der Waals surface area contributed by atoms with Crippen LogP contribution in [0, 0.1) is 11.8 Å². The molecule has 1 aromatic heterocycles. The molecule has 0 saturated carbocycles. The van der Waals surface area contributed by atoms with Crippen molar-refractivity contribution in [2.45, 2.75) is 38.3 Å². The summed E-state index contributed by atoms with van der Waals surface area (Å²) < 4.78 is 28.6. The van der Waals surface area contributed by atoms with Crippen LogP contribution in [0.4, 0.5) is 0 Å². The predicted molar refractivity (Wildman–Crippen MR) is 89.7 cm³/mol. The molecule has 0 atom stereocenters. The van der Waals surface area contributed by atoms with Crippen molar-refractivity contribution in [1.82, 2.24) is 19.2 Å². The van der Waals surface area contributed by atoms with Crippen LogP contribution in [-0.2, 0) is 16.6 Å². The van der Waals surface area contributed by atoms with Gasteiger partial charge in [0.2, 0.25) is 0 Å². The molecule has 0 amide bonds. The molecule has 1 saturated heterocycles. The van der Waals surface area contributed by atoms with Crippen LogP contribution in [0.3, 0.4) is 0 Å². The Labute approximate surface area is 139 Å². The van der Waals surface area contributed by atoms with Gasteiger partial charge in [-0.1, -0.05) is 13.8 Å². The fourth-order valence-electron chi connectivity index (χ4n) is 2.77. The van der Waals surface area contributed by atoms with Crippen molar-refractivity contribution in [3.05, 3.63) is 12.5 Å². The number of sulfonamides is 1. The Morgan fingerprint density at radius 2 is 2.00 bits per heavy atom. The Kier molecular flexibility index (Phi) is 7.31. The monoisotopic (exact) mass is 350 g/mol. The molecule has 22 heavy (non-hydrogen) atoms. The van der Waals surface area contributed by atoms with Crippen molar-refractivity contribution in [3.8, 4) is 0 Å². The van der Waals surface area contributed by atoms with E-state index in [9.17, 15) is 8.42 Å². The number of aromatic nitrogens is 2. The molecule has 0 radical (unpaired) electrons. The van der Waals surface area contributed by atoms with Crippen LogP contribution in [0.5, 0.6) is 0 Å². The van der Waals surface area contributed by atoms with Crippen LogP contribution >= 0.6 is 12.4 Å². The maximum absolute atomic E-state index is 12.6. The normalized spacial score (nSPS) is 17.6. The van der Waals surface area contributed by atoms with E-state index < -0.39 is 10.0 Å². The van der Waals surface area contributed by atoms with Gasteiger partial charge in [-0.2, -0.15) is 4.31 Å². The average molecular weight is 351 g/mol. The highest BCUT2D eigenvalue weighted by Crippen LogP contribution is 2.22. The van der Waals surface area contributed by atoms with Crippen molar-refractivity contribution in [2.24, 2.45) is 11.8 Å². The van der Waals surface area contributed by atoms with Gasteiger partial charge in [-0.3, -0.25) is 0 Å². The molecule has 0 aliphatic carbocycles. The highest BCUT2D eigenvalue weighted by Gasteiger charge is 2.30. The van der Waals surface area contributed by atoms with E-state index in [2.05, 4.69) is 24.1 Å². The van der Waals surface area contributed by atoms with E-state index in [1.807, 2.05) is 11.6 Å². The van der Waals surface area contributed by atoms with Gasteiger partial charge in [0.05, 0.1) is 6.33 Å². The lowest BCUT2D eigenvalue weighted by Gasteiger charge is -2.30. The Morgan fingerprint density at radius 3 is 2.55 bits per heavy atom. The lowest BCUT2D eigenvalue weighted by molar-refractivity contribution is 0.270. The quantitative estimate of drug-likeness (QED) is 0.845. The Morgan fingerprint density at radius 1 is 1.36 bits per heavy atom. The molecule has 1 aromatic rings. The van der Waals surface area contributed by atoms with Crippen molar-refractivity contribution >= 4 is 22.4 Å². The minimum Gasteiger partial charge on any atom is -0.336 e. The molecule has 2 heterocycles. The Bertz CT molecular complexity index is 551. The first-order valence-corrected chi connectivity index (χ1v) is 9.04. The van der Waals surface area contributed by atoms with Crippen LogP contribution in [-0.4, -0.2) is 49.0 Å². The third-order valence-electron chi connectivity index (χ3n) is 3.86. The summed E-state index contributed by atoms with van der Waals surface area (Å²) in [5, 5.41) is 3.34.